The lowest BCUT2D eigenvalue weighted by molar-refractivity contribution is 0.669. The molecule has 0 bridgehead atoms. The van der Waals surface area contributed by atoms with Crippen molar-refractivity contribution in [2.45, 2.75) is 0 Å². The third-order valence-electron chi connectivity index (χ3n) is 12.1. The Hall–Kier alpha value is -7.48. The smallest absolute Gasteiger partial charge is 0.136 e. The minimum atomic E-state index is 0.910. The van der Waals surface area contributed by atoms with Gasteiger partial charge in [-0.25, -0.2) is 0 Å². The van der Waals surface area contributed by atoms with E-state index in [4.69, 9.17) is 4.42 Å². The van der Waals surface area contributed by atoms with E-state index in [0.717, 1.165) is 21.9 Å². The minimum absolute atomic E-state index is 0.910. The number of fused-ring (bicyclic) bond motifs is 11. The molecular formula is C56H34O. The topological polar surface area (TPSA) is 13.1 Å². The molecule has 0 atom stereocenters. The Morgan fingerprint density at radius 1 is 0.228 bits per heavy atom. The van der Waals surface area contributed by atoms with Gasteiger partial charge in [-0.2, -0.15) is 0 Å². The summed E-state index contributed by atoms with van der Waals surface area (Å²) in [5, 5.41) is 15.0. The Balaban J connectivity index is 1.02. The van der Waals surface area contributed by atoms with E-state index < -0.39 is 0 Å². The lowest BCUT2D eigenvalue weighted by Crippen LogP contribution is -1.91. The van der Waals surface area contributed by atoms with Crippen LogP contribution in [0.2, 0.25) is 0 Å². The van der Waals surface area contributed by atoms with Crippen LogP contribution in [0.15, 0.2) is 211 Å². The first-order valence-electron chi connectivity index (χ1n) is 19.7. The number of benzene rings is 11. The summed E-state index contributed by atoms with van der Waals surface area (Å²) >= 11 is 0. The molecule has 0 aliphatic heterocycles. The highest BCUT2D eigenvalue weighted by molar-refractivity contribution is 6.27. The highest BCUT2D eigenvalue weighted by Crippen LogP contribution is 2.47. The van der Waals surface area contributed by atoms with E-state index >= 15 is 0 Å². The number of rotatable bonds is 4. The van der Waals surface area contributed by atoms with Crippen LogP contribution in [0.3, 0.4) is 0 Å². The molecule has 0 fully saturated rings. The van der Waals surface area contributed by atoms with E-state index in [-0.39, 0.29) is 0 Å². The van der Waals surface area contributed by atoms with Crippen LogP contribution >= 0.6 is 0 Å². The first-order chi connectivity index (χ1) is 28.3. The van der Waals surface area contributed by atoms with E-state index in [1.807, 2.05) is 6.07 Å². The zero-order chi connectivity index (χ0) is 37.5. The molecule has 0 radical (unpaired) electrons. The van der Waals surface area contributed by atoms with Crippen molar-refractivity contribution in [3.05, 3.63) is 206 Å². The second-order valence-electron chi connectivity index (χ2n) is 15.1. The third kappa shape index (κ3) is 4.83. The molecule has 0 N–H and O–H groups in total. The molecule has 57 heavy (non-hydrogen) atoms. The Morgan fingerprint density at radius 3 is 1.25 bits per heavy atom. The second-order valence-corrected chi connectivity index (χ2v) is 15.1. The largest absolute Gasteiger partial charge is 0.456 e. The molecule has 1 heterocycles. The molecule has 1 heteroatoms. The fourth-order valence-electron chi connectivity index (χ4n) is 9.59. The number of furan rings is 1. The maximum absolute atomic E-state index is 6.37. The monoisotopic (exact) mass is 722 g/mol. The summed E-state index contributed by atoms with van der Waals surface area (Å²) in [5.74, 6) is 0. The fourth-order valence-corrected chi connectivity index (χ4v) is 9.59. The summed E-state index contributed by atoms with van der Waals surface area (Å²) in [6.45, 7) is 0. The van der Waals surface area contributed by atoms with Gasteiger partial charge in [-0.1, -0.05) is 188 Å². The zero-order valence-electron chi connectivity index (χ0n) is 31.0. The SMILES string of the molecule is c1ccc(-c2ccc3c4ccccc4c4ccccc4c3c2)c(-c2ccc(-c3c4ccccc4c(-c4cccc5oc6ccccc6c45)c4ccccc34)cc2)c1. The Kier molecular flexibility index (Phi) is 7.00. The summed E-state index contributed by atoms with van der Waals surface area (Å²) in [6.07, 6.45) is 0. The van der Waals surface area contributed by atoms with Gasteiger partial charge in [-0.3, -0.25) is 0 Å². The highest BCUT2D eigenvalue weighted by Gasteiger charge is 2.20. The minimum Gasteiger partial charge on any atom is -0.456 e. The second kappa shape index (κ2) is 12.5. The van der Waals surface area contributed by atoms with Crippen molar-refractivity contribution in [2.24, 2.45) is 0 Å². The van der Waals surface area contributed by atoms with Gasteiger partial charge in [0.25, 0.3) is 0 Å². The quantitative estimate of drug-likeness (QED) is 0.130. The first-order valence-corrected chi connectivity index (χ1v) is 19.7. The van der Waals surface area contributed by atoms with Crippen molar-refractivity contribution < 1.29 is 4.42 Å². The van der Waals surface area contributed by atoms with Crippen LogP contribution in [-0.4, -0.2) is 0 Å². The van der Waals surface area contributed by atoms with E-state index in [2.05, 4.69) is 200 Å². The van der Waals surface area contributed by atoms with Crippen LogP contribution in [0.4, 0.5) is 0 Å². The predicted molar refractivity (Wildman–Crippen MR) is 243 cm³/mol. The van der Waals surface area contributed by atoms with Gasteiger partial charge in [-0.15, -0.1) is 0 Å². The van der Waals surface area contributed by atoms with E-state index in [0.29, 0.717) is 0 Å². The van der Waals surface area contributed by atoms with Crippen LogP contribution in [-0.2, 0) is 0 Å². The van der Waals surface area contributed by atoms with E-state index in [1.54, 1.807) is 0 Å². The molecule has 0 amide bonds. The molecule has 12 aromatic rings. The summed E-state index contributed by atoms with van der Waals surface area (Å²) < 4.78 is 6.37. The number of hydrogen-bond donors (Lipinski definition) is 0. The molecule has 0 spiro atoms. The summed E-state index contributed by atoms with van der Waals surface area (Å²) in [5.41, 5.74) is 11.6. The average Bonchev–Trinajstić information content (AvgIpc) is 3.67. The predicted octanol–water partition coefficient (Wildman–Crippen LogP) is 16.0. The van der Waals surface area contributed by atoms with Crippen LogP contribution in [0.5, 0.6) is 0 Å². The lowest BCUT2D eigenvalue weighted by Gasteiger charge is -2.18. The molecule has 264 valence electrons. The summed E-state index contributed by atoms with van der Waals surface area (Å²) in [7, 11) is 0. The van der Waals surface area contributed by atoms with Gasteiger partial charge in [0.2, 0.25) is 0 Å². The first kappa shape index (κ1) is 31.8. The Labute approximate surface area is 329 Å². The van der Waals surface area contributed by atoms with Gasteiger partial charge in [0.05, 0.1) is 0 Å². The van der Waals surface area contributed by atoms with Gasteiger partial charge in [0.1, 0.15) is 11.2 Å². The summed E-state index contributed by atoms with van der Waals surface area (Å²) in [4.78, 5) is 0. The molecule has 1 nitrogen and oxygen atoms in total. The molecule has 12 rings (SSSR count). The normalized spacial score (nSPS) is 11.9. The van der Waals surface area contributed by atoms with Gasteiger partial charge in [0, 0.05) is 10.8 Å². The third-order valence-corrected chi connectivity index (χ3v) is 12.1. The Morgan fingerprint density at radius 2 is 0.632 bits per heavy atom. The van der Waals surface area contributed by atoms with Crippen molar-refractivity contribution in [3.8, 4) is 44.5 Å². The van der Waals surface area contributed by atoms with Crippen molar-refractivity contribution in [1.82, 2.24) is 0 Å². The standard InChI is InChI=1S/C56H34O/c1-2-15-39(37-32-33-44-42-18-4-3-16-40(42)41-17-5-6-19-43(41)51(44)34-37)38(14-1)35-28-30-36(31-29-35)54-45-20-7-9-22-47(45)55(48-23-10-8-21-46(48)54)50-25-13-27-53-56(50)49-24-11-12-26-52(49)57-53/h1-34H. The summed E-state index contributed by atoms with van der Waals surface area (Å²) in [6, 6.07) is 75.3. The molecule has 0 unspecified atom stereocenters. The van der Waals surface area contributed by atoms with Gasteiger partial charge >= 0.3 is 0 Å². The van der Waals surface area contributed by atoms with Crippen molar-refractivity contribution in [1.29, 1.82) is 0 Å². The average molecular weight is 723 g/mol. The van der Waals surface area contributed by atoms with Gasteiger partial charge < -0.3 is 4.42 Å². The van der Waals surface area contributed by atoms with Gasteiger partial charge in [-0.05, 0) is 117 Å². The highest BCUT2D eigenvalue weighted by atomic mass is 16.3. The molecule has 0 saturated heterocycles. The van der Waals surface area contributed by atoms with Crippen LogP contribution in [0, 0.1) is 0 Å². The van der Waals surface area contributed by atoms with Crippen LogP contribution in [0.1, 0.15) is 0 Å². The molecule has 0 aliphatic carbocycles. The molecule has 0 aliphatic rings. The van der Waals surface area contributed by atoms with E-state index in [9.17, 15) is 0 Å². The maximum atomic E-state index is 6.37. The lowest BCUT2D eigenvalue weighted by atomic mass is 9.84. The van der Waals surface area contributed by atoms with Crippen LogP contribution < -0.4 is 0 Å². The van der Waals surface area contributed by atoms with Crippen LogP contribution in [0.25, 0.3) is 120 Å². The maximum Gasteiger partial charge on any atom is 0.136 e. The zero-order valence-corrected chi connectivity index (χ0v) is 31.0. The number of hydrogen-bond acceptors (Lipinski definition) is 1. The molecule has 1 aromatic heterocycles. The van der Waals surface area contributed by atoms with Crippen molar-refractivity contribution >= 4 is 75.8 Å². The van der Waals surface area contributed by atoms with E-state index in [1.165, 1.54) is 98.4 Å². The molecular weight excluding hydrogens is 689 g/mol. The fraction of sp³-hybridized carbons (Fsp3) is 0. The number of para-hydroxylation sites is 1. The molecule has 11 aromatic carbocycles. The van der Waals surface area contributed by atoms with Gasteiger partial charge in [0.15, 0.2) is 0 Å². The van der Waals surface area contributed by atoms with Crippen molar-refractivity contribution in [2.75, 3.05) is 0 Å². The van der Waals surface area contributed by atoms with Crippen molar-refractivity contribution in [3.63, 3.8) is 0 Å². The Bertz CT molecular complexity index is 3480. The molecule has 0 saturated carbocycles.